The first-order chi connectivity index (χ1) is 10.8. The Hall–Kier alpha value is -2.30. The first-order valence-electron chi connectivity index (χ1n) is 7.73. The van der Waals surface area contributed by atoms with Gasteiger partial charge in [0.05, 0.1) is 6.61 Å². The largest absolute Gasteiger partial charge is 0.463 e. The lowest BCUT2D eigenvalue weighted by Crippen LogP contribution is -2.27. The van der Waals surface area contributed by atoms with Gasteiger partial charge < -0.3 is 9.47 Å². The summed E-state index contributed by atoms with van der Waals surface area (Å²) in [5, 5.41) is 2.76. The van der Waals surface area contributed by atoms with Crippen molar-refractivity contribution in [1.82, 2.24) is 0 Å². The molecule has 0 unspecified atom stereocenters. The zero-order valence-electron chi connectivity index (χ0n) is 14.2. The van der Waals surface area contributed by atoms with Crippen LogP contribution < -0.4 is 5.32 Å². The van der Waals surface area contributed by atoms with E-state index in [1.165, 1.54) is 6.08 Å². The van der Waals surface area contributed by atoms with Gasteiger partial charge in [0.15, 0.2) is 0 Å². The number of benzene rings is 1. The summed E-state index contributed by atoms with van der Waals surface area (Å²) in [7, 11) is 0. The summed E-state index contributed by atoms with van der Waals surface area (Å²) < 4.78 is 10.1. The van der Waals surface area contributed by atoms with Crippen LogP contribution in [-0.2, 0) is 20.7 Å². The Labute approximate surface area is 137 Å². The van der Waals surface area contributed by atoms with Gasteiger partial charge in [-0.2, -0.15) is 0 Å². The number of carbonyl (C=O) groups is 2. The van der Waals surface area contributed by atoms with Crippen LogP contribution in [-0.4, -0.2) is 24.3 Å². The van der Waals surface area contributed by atoms with Crippen molar-refractivity contribution in [1.29, 1.82) is 0 Å². The van der Waals surface area contributed by atoms with Crippen LogP contribution in [0.15, 0.2) is 36.4 Å². The van der Waals surface area contributed by atoms with E-state index < -0.39 is 11.7 Å². The molecule has 1 N–H and O–H groups in total. The molecule has 5 nitrogen and oxygen atoms in total. The number of hydrogen-bond acceptors (Lipinski definition) is 4. The molecule has 0 radical (unpaired) electrons. The van der Waals surface area contributed by atoms with E-state index in [1.807, 2.05) is 45.0 Å². The van der Waals surface area contributed by atoms with E-state index in [0.29, 0.717) is 25.1 Å². The number of anilines is 1. The van der Waals surface area contributed by atoms with E-state index >= 15 is 0 Å². The van der Waals surface area contributed by atoms with Crippen LogP contribution in [0, 0.1) is 0 Å². The molecule has 126 valence electrons. The number of hydrogen-bond donors (Lipinski definition) is 1. The van der Waals surface area contributed by atoms with Crippen molar-refractivity contribution in [2.24, 2.45) is 0 Å². The van der Waals surface area contributed by atoms with E-state index in [0.717, 1.165) is 5.56 Å². The third-order valence-corrected chi connectivity index (χ3v) is 2.77. The molecular formula is C18H25NO4. The lowest BCUT2D eigenvalue weighted by Gasteiger charge is -2.20. The predicted octanol–water partition coefficient (Wildman–Crippen LogP) is 4.09. The summed E-state index contributed by atoms with van der Waals surface area (Å²) in [6, 6.07) is 7.52. The van der Waals surface area contributed by atoms with Crippen molar-refractivity contribution in [2.45, 2.75) is 46.1 Å². The molecule has 0 saturated heterocycles. The summed E-state index contributed by atoms with van der Waals surface area (Å²) in [6.45, 7) is 7.59. The Morgan fingerprint density at radius 2 is 1.91 bits per heavy atom. The second-order valence-corrected chi connectivity index (χ2v) is 5.98. The normalized spacial score (nSPS) is 11.3. The number of carbonyl (C=O) groups excluding carboxylic acids is 2. The smallest absolute Gasteiger partial charge is 0.412 e. The third kappa shape index (κ3) is 8.04. The summed E-state index contributed by atoms with van der Waals surface area (Å²) >= 11 is 0. The number of esters is 1. The molecule has 1 amide bonds. The van der Waals surface area contributed by atoms with Gasteiger partial charge in [0, 0.05) is 11.8 Å². The highest BCUT2D eigenvalue weighted by Crippen LogP contribution is 2.18. The molecular weight excluding hydrogens is 294 g/mol. The number of allylic oxidation sites excluding steroid dienone is 1. The van der Waals surface area contributed by atoms with Gasteiger partial charge in [-0.3, -0.25) is 5.32 Å². The van der Waals surface area contributed by atoms with E-state index in [9.17, 15) is 9.59 Å². The Bertz CT molecular complexity index is 558. The maximum Gasteiger partial charge on any atom is 0.412 e. The Morgan fingerprint density at radius 3 is 2.57 bits per heavy atom. The number of rotatable bonds is 6. The Balaban J connectivity index is 2.60. The second-order valence-electron chi connectivity index (χ2n) is 5.98. The van der Waals surface area contributed by atoms with Crippen molar-refractivity contribution >= 4 is 17.7 Å². The second kappa shape index (κ2) is 8.98. The minimum absolute atomic E-state index is 0.340. The van der Waals surface area contributed by atoms with Crippen LogP contribution in [0.2, 0.25) is 0 Å². The molecule has 0 fully saturated rings. The first-order valence-corrected chi connectivity index (χ1v) is 7.73. The maximum absolute atomic E-state index is 11.9. The summed E-state index contributed by atoms with van der Waals surface area (Å²) in [6.07, 6.45) is 4.08. The lowest BCUT2D eigenvalue weighted by molar-refractivity contribution is -0.137. The number of ether oxygens (including phenoxy) is 2. The highest BCUT2D eigenvalue weighted by molar-refractivity contribution is 5.86. The van der Waals surface area contributed by atoms with E-state index in [2.05, 4.69) is 5.32 Å². The van der Waals surface area contributed by atoms with Crippen LogP contribution in [0.4, 0.5) is 10.5 Å². The monoisotopic (exact) mass is 319 g/mol. The Morgan fingerprint density at radius 1 is 1.22 bits per heavy atom. The molecule has 5 heteroatoms. The van der Waals surface area contributed by atoms with Crippen molar-refractivity contribution in [3.05, 3.63) is 42.0 Å². The number of aryl methyl sites for hydroxylation is 1. The molecule has 0 spiro atoms. The van der Waals surface area contributed by atoms with Gasteiger partial charge in [-0.1, -0.05) is 24.3 Å². The molecule has 0 saturated carbocycles. The van der Waals surface area contributed by atoms with Gasteiger partial charge in [0.2, 0.25) is 0 Å². The van der Waals surface area contributed by atoms with Gasteiger partial charge in [0.25, 0.3) is 0 Å². The topological polar surface area (TPSA) is 64.6 Å². The van der Waals surface area contributed by atoms with Gasteiger partial charge >= 0.3 is 12.1 Å². The fourth-order valence-electron chi connectivity index (χ4n) is 1.88. The van der Waals surface area contributed by atoms with Crippen LogP contribution in [0.3, 0.4) is 0 Å². The van der Waals surface area contributed by atoms with Crippen LogP contribution >= 0.6 is 0 Å². The van der Waals surface area contributed by atoms with Gasteiger partial charge in [-0.15, -0.1) is 0 Å². The average molecular weight is 319 g/mol. The highest BCUT2D eigenvalue weighted by Gasteiger charge is 2.16. The van der Waals surface area contributed by atoms with Crippen LogP contribution in [0.5, 0.6) is 0 Å². The number of nitrogens with one attached hydrogen (secondary N) is 1. The van der Waals surface area contributed by atoms with E-state index in [-0.39, 0.29) is 5.97 Å². The average Bonchev–Trinajstić information content (AvgIpc) is 2.43. The zero-order chi connectivity index (χ0) is 17.3. The molecule has 0 aliphatic carbocycles. The lowest BCUT2D eigenvalue weighted by atomic mass is 10.1. The van der Waals surface area contributed by atoms with E-state index in [4.69, 9.17) is 9.47 Å². The molecule has 0 bridgehead atoms. The minimum atomic E-state index is -0.540. The van der Waals surface area contributed by atoms with Crippen molar-refractivity contribution in [3.63, 3.8) is 0 Å². The minimum Gasteiger partial charge on any atom is -0.463 e. The summed E-state index contributed by atoms with van der Waals surface area (Å²) in [5.74, 6) is -0.340. The Kier molecular flexibility index (Phi) is 7.32. The molecule has 1 aromatic carbocycles. The fraction of sp³-hybridized carbons (Fsp3) is 0.444. The van der Waals surface area contributed by atoms with Gasteiger partial charge in [-0.25, -0.2) is 9.59 Å². The SMILES string of the molecule is CCOC(=O)/C=C/CCc1ccccc1NC(=O)OC(C)(C)C. The van der Waals surface area contributed by atoms with Crippen molar-refractivity contribution in [2.75, 3.05) is 11.9 Å². The fourth-order valence-corrected chi connectivity index (χ4v) is 1.88. The van der Waals surface area contributed by atoms with Gasteiger partial charge in [0.1, 0.15) is 5.60 Å². The molecule has 0 aliphatic heterocycles. The van der Waals surface area contributed by atoms with Crippen LogP contribution in [0.25, 0.3) is 0 Å². The van der Waals surface area contributed by atoms with E-state index in [1.54, 1.807) is 13.0 Å². The molecule has 1 rings (SSSR count). The van der Waals surface area contributed by atoms with Gasteiger partial charge in [-0.05, 0) is 52.2 Å². The molecule has 0 atom stereocenters. The number of para-hydroxylation sites is 1. The van der Waals surface area contributed by atoms with Crippen LogP contribution in [0.1, 0.15) is 39.7 Å². The molecule has 0 heterocycles. The number of amides is 1. The van der Waals surface area contributed by atoms with Crippen molar-refractivity contribution in [3.8, 4) is 0 Å². The molecule has 23 heavy (non-hydrogen) atoms. The molecule has 0 aliphatic rings. The maximum atomic E-state index is 11.9. The predicted molar refractivity (Wildman–Crippen MR) is 90.4 cm³/mol. The summed E-state index contributed by atoms with van der Waals surface area (Å²) in [5.41, 5.74) is 1.15. The zero-order valence-corrected chi connectivity index (χ0v) is 14.2. The quantitative estimate of drug-likeness (QED) is 0.633. The first kappa shape index (κ1) is 18.7. The third-order valence-electron chi connectivity index (χ3n) is 2.77. The standard InChI is InChI=1S/C18H25NO4/c1-5-22-16(20)13-9-7-11-14-10-6-8-12-15(14)19-17(21)23-18(2,3)4/h6,8-10,12-13H,5,7,11H2,1-4H3,(H,19,21)/b13-9+. The van der Waals surface area contributed by atoms with Crippen molar-refractivity contribution < 1.29 is 19.1 Å². The summed E-state index contributed by atoms with van der Waals surface area (Å²) in [4.78, 5) is 23.1. The molecule has 1 aromatic rings. The highest BCUT2D eigenvalue weighted by atomic mass is 16.6. The molecule has 0 aromatic heterocycles.